The number of nitrogens with zero attached hydrogens (tertiary/aromatic N) is 3. The summed E-state index contributed by atoms with van der Waals surface area (Å²) in [5, 5.41) is 6.86. The van der Waals surface area contributed by atoms with Gasteiger partial charge >= 0.3 is 5.97 Å². The molecule has 0 unspecified atom stereocenters. The van der Waals surface area contributed by atoms with Gasteiger partial charge in [0.1, 0.15) is 22.8 Å². The van der Waals surface area contributed by atoms with Gasteiger partial charge in [0, 0.05) is 25.0 Å². The van der Waals surface area contributed by atoms with Crippen molar-refractivity contribution in [3.63, 3.8) is 0 Å². The number of esters is 1. The first-order valence-electron chi connectivity index (χ1n) is 9.09. The third kappa shape index (κ3) is 3.83. The number of anilines is 1. The van der Waals surface area contributed by atoms with Crippen molar-refractivity contribution in [2.75, 3.05) is 5.32 Å². The Morgan fingerprint density at radius 3 is 2.37 bits per heavy atom. The van der Waals surface area contributed by atoms with Crippen LogP contribution in [0.3, 0.4) is 0 Å². The fraction of sp³-hybridized carbons (Fsp3) is 0.0455. The molecule has 30 heavy (non-hydrogen) atoms. The molecule has 2 heterocycles. The average Bonchev–Trinajstić information content (AvgIpc) is 3.39. The number of ether oxygens (including phenoxy) is 1. The van der Waals surface area contributed by atoms with E-state index in [9.17, 15) is 14.0 Å². The minimum absolute atomic E-state index is 0.167. The highest BCUT2D eigenvalue weighted by molar-refractivity contribution is 5.94. The van der Waals surface area contributed by atoms with Crippen molar-refractivity contribution in [3.05, 3.63) is 90.6 Å². The smallest absolute Gasteiger partial charge is 0.349 e. The van der Waals surface area contributed by atoms with Crippen LogP contribution in [-0.2, 0) is 4.79 Å². The highest BCUT2D eigenvalue weighted by Gasteiger charge is 2.23. The fourth-order valence-electron chi connectivity index (χ4n) is 2.98. The van der Waals surface area contributed by atoms with E-state index in [4.69, 9.17) is 4.74 Å². The lowest BCUT2D eigenvalue weighted by atomic mass is 10.2. The van der Waals surface area contributed by atoms with E-state index in [0.29, 0.717) is 17.3 Å². The molecule has 2 aromatic carbocycles. The predicted molar refractivity (Wildman–Crippen MR) is 109 cm³/mol. The van der Waals surface area contributed by atoms with Crippen LogP contribution in [0, 0.1) is 5.82 Å². The number of carbonyl (C=O) groups excluding carboxylic acids is 2. The van der Waals surface area contributed by atoms with E-state index in [2.05, 4.69) is 10.4 Å². The number of benzene rings is 2. The van der Waals surface area contributed by atoms with Crippen LogP contribution in [0.5, 0.6) is 5.75 Å². The van der Waals surface area contributed by atoms with Gasteiger partial charge in [0.15, 0.2) is 5.82 Å². The molecule has 2 aromatic heterocycles. The summed E-state index contributed by atoms with van der Waals surface area (Å²) in [7, 11) is 0. The number of halogens is 1. The van der Waals surface area contributed by atoms with Crippen molar-refractivity contribution in [1.82, 2.24) is 14.3 Å². The van der Waals surface area contributed by atoms with Crippen molar-refractivity contribution in [2.45, 2.75) is 6.92 Å². The third-order valence-electron chi connectivity index (χ3n) is 4.28. The summed E-state index contributed by atoms with van der Waals surface area (Å²) >= 11 is 0. The molecule has 150 valence electrons. The lowest BCUT2D eigenvalue weighted by Crippen LogP contribution is -2.13. The Balaban J connectivity index is 1.68. The quantitative estimate of drug-likeness (QED) is 0.403. The number of carbonyl (C=O) groups is 2. The van der Waals surface area contributed by atoms with Gasteiger partial charge < -0.3 is 14.6 Å². The molecule has 0 saturated carbocycles. The van der Waals surface area contributed by atoms with Gasteiger partial charge in [-0.05, 0) is 48.5 Å². The summed E-state index contributed by atoms with van der Waals surface area (Å²) in [6, 6.07) is 16.1. The van der Waals surface area contributed by atoms with Crippen molar-refractivity contribution in [2.24, 2.45) is 0 Å². The molecule has 0 aliphatic carbocycles. The normalized spacial score (nSPS) is 10.6. The molecule has 0 aliphatic heterocycles. The first-order chi connectivity index (χ1) is 14.5. The van der Waals surface area contributed by atoms with E-state index in [1.54, 1.807) is 71.6 Å². The molecule has 1 amide bonds. The lowest BCUT2D eigenvalue weighted by molar-refractivity contribution is -0.114. The molecule has 7 nitrogen and oxygen atoms in total. The summed E-state index contributed by atoms with van der Waals surface area (Å²) < 4.78 is 22.8. The van der Waals surface area contributed by atoms with Crippen LogP contribution in [0.4, 0.5) is 10.1 Å². The van der Waals surface area contributed by atoms with Gasteiger partial charge in [0.2, 0.25) is 5.91 Å². The molecule has 8 heteroatoms. The van der Waals surface area contributed by atoms with Gasteiger partial charge in [-0.15, -0.1) is 0 Å². The second-order valence-electron chi connectivity index (χ2n) is 6.43. The third-order valence-corrected chi connectivity index (χ3v) is 4.28. The zero-order valence-electron chi connectivity index (χ0n) is 15.9. The van der Waals surface area contributed by atoms with Crippen LogP contribution < -0.4 is 10.1 Å². The molecule has 4 rings (SSSR count). The maximum atomic E-state index is 14.4. The zero-order chi connectivity index (χ0) is 21.1. The summed E-state index contributed by atoms with van der Waals surface area (Å²) in [4.78, 5) is 24.0. The molecule has 1 N–H and O–H groups in total. The minimum atomic E-state index is -0.645. The highest BCUT2D eigenvalue weighted by atomic mass is 19.1. The maximum Gasteiger partial charge on any atom is 0.349 e. The van der Waals surface area contributed by atoms with E-state index >= 15 is 0 Å². The van der Waals surface area contributed by atoms with Gasteiger partial charge in [-0.2, -0.15) is 5.10 Å². The molecule has 0 spiro atoms. The molecule has 0 atom stereocenters. The van der Waals surface area contributed by atoms with Gasteiger partial charge in [0.25, 0.3) is 0 Å². The fourth-order valence-corrected chi connectivity index (χ4v) is 2.98. The summed E-state index contributed by atoms with van der Waals surface area (Å²) in [5.41, 5.74) is 0.961. The second-order valence-corrected chi connectivity index (χ2v) is 6.43. The Hall–Kier alpha value is -4.20. The average molecular weight is 404 g/mol. The molecular formula is C22H17FN4O3. The Kier molecular flexibility index (Phi) is 5.13. The van der Waals surface area contributed by atoms with Crippen LogP contribution in [0.25, 0.3) is 11.5 Å². The van der Waals surface area contributed by atoms with Crippen molar-refractivity contribution < 1.29 is 18.7 Å². The Bertz CT molecular complexity index is 1200. The maximum absolute atomic E-state index is 14.4. The van der Waals surface area contributed by atoms with E-state index in [1.165, 1.54) is 23.9 Å². The van der Waals surface area contributed by atoms with Gasteiger partial charge in [-0.1, -0.05) is 12.1 Å². The number of hydrogen-bond acceptors (Lipinski definition) is 4. The molecule has 0 fully saturated rings. The van der Waals surface area contributed by atoms with E-state index in [-0.39, 0.29) is 17.2 Å². The SMILES string of the molecule is CC(=O)Nc1ccc(OC(=O)c2cnn(-c3ccccc3F)c2-n2cccc2)cc1. The van der Waals surface area contributed by atoms with Gasteiger partial charge in [0.05, 0.1) is 6.20 Å². The van der Waals surface area contributed by atoms with Crippen molar-refractivity contribution >= 4 is 17.6 Å². The number of nitrogens with one attached hydrogen (secondary N) is 1. The predicted octanol–water partition coefficient (Wildman–Crippen LogP) is 3.98. The van der Waals surface area contributed by atoms with Crippen LogP contribution in [0.15, 0.2) is 79.3 Å². The van der Waals surface area contributed by atoms with Crippen LogP contribution in [0.2, 0.25) is 0 Å². The minimum Gasteiger partial charge on any atom is -0.423 e. The van der Waals surface area contributed by atoms with Crippen LogP contribution >= 0.6 is 0 Å². The Morgan fingerprint density at radius 2 is 1.70 bits per heavy atom. The summed E-state index contributed by atoms with van der Waals surface area (Å²) in [6.07, 6.45) is 4.80. The standard InChI is InChI=1S/C22H17FN4O3/c1-15(28)25-16-8-10-17(11-9-16)30-22(29)18-14-24-27(20-7-3-2-6-19(20)23)21(18)26-12-4-5-13-26/h2-14H,1H3,(H,25,28). The number of para-hydroxylation sites is 1. The Labute approximate surface area is 171 Å². The van der Waals surface area contributed by atoms with Gasteiger partial charge in [-0.25, -0.2) is 13.9 Å². The van der Waals surface area contributed by atoms with Crippen LogP contribution in [0.1, 0.15) is 17.3 Å². The molecule has 0 radical (unpaired) electrons. The topological polar surface area (TPSA) is 78.2 Å². The molecular weight excluding hydrogens is 387 g/mol. The number of aromatic nitrogens is 3. The molecule has 0 bridgehead atoms. The highest BCUT2D eigenvalue weighted by Crippen LogP contribution is 2.24. The largest absolute Gasteiger partial charge is 0.423 e. The van der Waals surface area contributed by atoms with Crippen molar-refractivity contribution in [3.8, 4) is 17.3 Å². The van der Waals surface area contributed by atoms with Crippen LogP contribution in [-0.4, -0.2) is 26.2 Å². The van der Waals surface area contributed by atoms with Gasteiger partial charge in [-0.3, -0.25) is 4.79 Å². The number of rotatable bonds is 5. The molecule has 0 aliphatic rings. The number of hydrogen-bond donors (Lipinski definition) is 1. The van der Waals surface area contributed by atoms with E-state index < -0.39 is 11.8 Å². The monoisotopic (exact) mass is 404 g/mol. The first kappa shape index (κ1) is 19.1. The van der Waals surface area contributed by atoms with E-state index in [1.807, 2.05) is 0 Å². The number of amides is 1. The van der Waals surface area contributed by atoms with E-state index in [0.717, 1.165) is 0 Å². The molecule has 0 saturated heterocycles. The van der Waals surface area contributed by atoms with Crippen molar-refractivity contribution in [1.29, 1.82) is 0 Å². The molecule has 4 aromatic rings. The Morgan fingerprint density at radius 1 is 1.00 bits per heavy atom. The summed E-state index contributed by atoms with van der Waals surface area (Å²) in [5.74, 6) is -0.663. The second kappa shape index (κ2) is 8.04. The lowest BCUT2D eigenvalue weighted by Gasteiger charge is -2.11. The zero-order valence-corrected chi connectivity index (χ0v) is 15.9. The summed E-state index contributed by atoms with van der Waals surface area (Å²) in [6.45, 7) is 1.41. The first-order valence-corrected chi connectivity index (χ1v) is 9.09.